The molecule has 0 bridgehead atoms. The molecule has 0 spiro atoms. The van der Waals surface area contributed by atoms with Crippen molar-refractivity contribution in [1.82, 2.24) is 10.6 Å². The van der Waals surface area contributed by atoms with Crippen LogP contribution >= 0.6 is 0 Å². The van der Waals surface area contributed by atoms with Crippen LogP contribution in [0.25, 0.3) is 0 Å². The maximum absolute atomic E-state index is 4.14. The number of hydrogen-bond donors (Lipinski definition) is 2. The van der Waals surface area contributed by atoms with E-state index in [0.717, 1.165) is 5.96 Å². The van der Waals surface area contributed by atoms with E-state index in [2.05, 4.69) is 22.5 Å². The van der Waals surface area contributed by atoms with Gasteiger partial charge in [-0.3, -0.25) is 4.99 Å². The maximum atomic E-state index is 4.14. The van der Waals surface area contributed by atoms with Crippen LogP contribution < -0.4 is 10.6 Å². The van der Waals surface area contributed by atoms with Crippen molar-refractivity contribution in [2.45, 2.75) is 44.6 Å². The molecule has 1 rings (SSSR count). The molecule has 0 aliphatic heterocycles. The zero-order valence-corrected chi connectivity index (χ0v) is 8.98. The lowest BCUT2D eigenvalue weighted by Gasteiger charge is -2.35. The summed E-state index contributed by atoms with van der Waals surface area (Å²) in [5.74, 6) is 0.907. The summed E-state index contributed by atoms with van der Waals surface area (Å²) in [6.45, 7) is 2.29. The molecule has 0 radical (unpaired) electrons. The van der Waals surface area contributed by atoms with Crippen LogP contribution in [0.3, 0.4) is 0 Å². The van der Waals surface area contributed by atoms with Gasteiger partial charge in [-0.05, 0) is 19.8 Å². The number of hydrogen-bond acceptors (Lipinski definition) is 1. The molecule has 0 amide bonds. The Bertz CT molecular complexity index is 181. The smallest absolute Gasteiger partial charge is 0.191 e. The third-order valence-corrected chi connectivity index (χ3v) is 2.84. The normalized spacial score (nSPS) is 22.5. The largest absolute Gasteiger partial charge is 0.359 e. The van der Waals surface area contributed by atoms with Crippen LogP contribution in [-0.2, 0) is 0 Å². The van der Waals surface area contributed by atoms with Gasteiger partial charge in [-0.2, -0.15) is 0 Å². The minimum absolute atomic E-state index is 0.260. The highest BCUT2D eigenvalue weighted by atomic mass is 15.2. The van der Waals surface area contributed by atoms with Crippen LogP contribution in [0.4, 0.5) is 0 Å². The van der Waals surface area contributed by atoms with E-state index in [-0.39, 0.29) is 5.54 Å². The molecule has 3 heteroatoms. The summed E-state index contributed by atoms with van der Waals surface area (Å²) in [5, 5.41) is 6.53. The van der Waals surface area contributed by atoms with Gasteiger partial charge in [0.15, 0.2) is 5.96 Å². The maximum Gasteiger partial charge on any atom is 0.191 e. The predicted molar refractivity (Wildman–Crippen MR) is 57.0 cm³/mol. The molecule has 13 heavy (non-hydrogen) atoms. The number of guanidine groups is 1. The first-order valence-electron chi connectivity index (χ1n) is 5.13. The first-order valence-corrected chi connectivity index (χ1v) is 5.13. The van der Waals surface area contributed by atoms with Crippen LogP contribution in [0, 0.1) is 0 Å². The van der Waals surface area contributed by atoms with Gasteiger partial charge in [0.1, 0.15) is 0 Å². The average molecular weight is 183 g/mol. The molecule has 1 saturated carbocycles. The van der Waals surface area contributed by atoms with E-state index in [1.54, 1.807) is 0 Å². The standard InChI is InChI=1S/C10H21N3/c1-10(7-5-4-6-8-10)13-9(11-2)12-3/h4-8H2,1-3H3,(H2,11,12,13). The topological polar surface area (TPSA) is 36.4 Å². The van der Waals surface area contributed by atoms with Gasteiger partial charge in [0, 0.05) is 19.6 Å². The summed E-state index contributed by atoms with van der Waals surface area (Å²) >= 11 is 0. The minimum Gasteiger partial charge on any atom is -0.359 e. The van der Waals surface area contributed by atoms with Gasteiger partial charge in [0.25, 0.3) is 0 Å². The zero-order valence-electron chi connectivity index (χ0n) is 8.98. The molecule has 3 nitrogen and oxygen atoms in total. The van der Waals surface area contributed by atoms with Gasteiger partial charge in [-0.1, -0.05) is 19.3 Å². The lowest BCUT2D eigenvalue weighted by molar-refractivity contribution is 0.289. The molecule has 0 saturated heterocycles. The summed E-state index contributed by atoms with van der Waals surface area (Å²) in [4.78, 5) is 4.14. The second-order valence-corrected chi connectivity index (χ2v) is 4.07. The molecule has 0 unspecified atom stereocenters. The van der Waals surface area contributed by atoms with Gasteiger partial charge >= 0.3 is 0 Å². The highest BCUT2D eigenvalue weighted by molar-refractivity contribution is 5.80. The predicted octanol–water partition coefficient (Wildman–Crippen LogP) is 1.50. The van der Waals surface area contributed by atoms with Crippen molar-refractivity contribution in [3.8, 4) is 0 Å². The lowest BCUT2D eigenvalue weighted by atomic mass is 9.83. The Kier molecular flexibility index (Phi) is 3.58. The van der Waals surface area contributed by atoms with E-state index in [1.165, 1.54) is 32.1 Å². The first kappa shape index (κ1) is 10.4. The SMILES string of the molecule is CN=C(NC)NC1(C)CCCCC1. The van der Waals surface area contributed by atoms with Crippen molar-refractivity contribution < 1.29 is 0 Å². The fraction of sp³-hybridized carbons (Fsp3) is 0.900. The van der Waals surface area contributed by atoms with Crippen LogP contribution in [0.2, 0.25) is 0 Å². The number of nitrogens with zero attached hydrogens (tertiary/aromatic N) is 1. The molecule has 0 aromatic rings. The minimum atomic E-state index is 0.260. The van der Waals surface area contributed by atoms with Crippen molar-refractivity contribution in [3.05, 3.63) is 0 Å². The highest BCUT2D eigenvalue weighted by Crippen LogP contribution is 2.27. The van der Waals surface area contributed by atoms with Crippen LogP contribution in [-0.4, -0.2) is 25.6 Å². The van der Waals surface area contributed by atoms with E-state index in [1.807, 2.05) is 14.1 Å². The van der Waals surface area contributed by atoms with Crippen molar-refractivity contribution in [2.75, 3.05) is 14.1 Å². The summed E-state index contributed by atoms with van der Waals surface area (Å²) in [6, 6.07) is 0. The summed E-state index contributed by atoms with van der Waals surface area (Å²) in [5.41, 5.74) is 0.260. The van der Waals surface area contributed by atoms with Gasteiger partial charge < -0.3 is 10.6 Å². The molecule has 0 heterocycles. The van der Waals surface area contributed by atoms with E-state index in [4.69, 9.17) is 0 Å². The van der Waals surface area contributed by atoms with Gasteiger partial charge in [-0.15, -0.1) is 0 Å². The van der Waals surface area contributed by atoms with E-state index < -0.39 is 0 Å². The molecule has 1 aliphatic rings. The van der Waals surface area contributed by atoms with Crippen molar-refractivity contribution in [3.63, 3.8) is 0 Å². The Balaban J connectivity index is 2.49. The monoisotopic (exact) mass is 183 g/mol. The quantitative estimate of drug-likeness (QED) is 0.477. The molecule has 0 atom stereocenters. The van der Waals surface area contributed by atoms with Crippen molar-refractivity contribution in [1.29, 1.82) is 0 Å². The van der Waals surface area contributed by atoms with Crippen molar-refractivity contribution >= 4 is 5.96 Å². The van der Waals surface area contributed by atoms with E-state index in [0.29, 0.717) is 0 Å². The third-order valence-electron chi connectivity index (χ3n) is 2.84. The van der Waals surface area contributed by atoms with Crippen LogP contribution in [0.1, 0.15) is 39.0 Å². The second-order valence-electron chi connectivity index (χ2n) is 4.07. The second kappa shape index (κ2) is 4.49. The zero-order chi connectivity index (χ0) is 9.73. The van der Waals surface area contributed by atoms with E-state index >= 15 is 0 Å². The molecular weight excluding hydrogens is 162 g/mol. The summed E-state index contributed by atoms with van der Waals surface area (Å²) in [6.07, 6.45) is 6.57. The van der Waals surface area contributed by atoms with Gasteiger partial charge in [0.2, 0.25) is 0 Å². The Hall–Kier alpha value is -0.730. The Morgan fingerprint density at radius 2 is 1.85 bits per heavy atom. The van der Waals surface area contributed by atoms with Crippen molar-refractivity contribution in [2.24, 2.45) is 4.99 Å². The molecular formula is C10H21N3. The van der Waals surface area contributed by atoms with Gasteiger partial charge in [-0.25, -0.2) is 0 Å². The fourth-order valence-corrected chi connectivity index (χ4v) is 1.97. The molecule has 2 N–H and O–H groups in total. The van der Waals surface area contributed by atoms with E-state index in [9.17, 15) is 0 Å². The van der Waals surface area contributed by atoms with Crippen LogP contribution in [0.5, 0.6) is 0 Å². The average Bonchev–Trinajstić information content (AvgIpc) is 2.15. The Morgan fingerprint density at radius 3 is 2.31 bits per heavy atom. The number of aliphatic imine (C=N–C) groups is 1. The number of rotatable bonds is 1. The molecule has 0 aromatic heterocycles. The Morgan fingerprint density at radius 1 is 1.23 bits per heavy atom. The van der Waals surface area contributed by atoms with Gasteiger partial charge in [0.05, 0.1) is 0 Å². The molecule has 1 aliphatic carbocycles. The summed E-state index contributed by atoms with van der Waals surface area (Å²) in [7, 11) is 3.71. The third kappa shape index (κ3) is 2.90. The highest BCUT2D eigenvalue weighted by Gasteiger charge is 2.26. The lowest BCUT2D eigenvalue weighted by Crippen LogP contribution is -2.51. The Labute approximate surface area is 81.0 Å². The summed E-state index contributed by atoms with van der Waals surface area (Å²) < 4.78 is 0. The fourth-order valence-electron chi connectivity index (χ4n) is 1.97. The first-order chi connectivity index (χ1) is 6.20. The molecule has 1 fully saturated rings. The molecule has 0 aromatic carbocycles. The molecule has 76 valence electrons. The number of nitrogens with one attached hydrogen (secondary N) is 2. The van der Waals surface area contributed by atoms with Crippen LogP contribution in [0.15, 0.2) is 4.99 Å².